The van der Waals surface area contributed by atoms with Gasteiger partial charge in [0, 0.05) is 17.3 Å². The van der Waals surface area contributed by atoms with Crippen LogP contribution in [0.3, 0.4) is 0 Å². The summed E-state index contributed by atoms with van der Waals surface area (Å²) in [6.07, 6.45) is 1.60. The van der Waals surface area contributed by atoms with Crippen LogP contribution in [0.5, 0.6) is 5.75 Å². The number of rotatable bonds is 6. The van der Waals surface area contributed by atoms with Crippen molar-refractivity contribution in [1.29, 1.82) is 0 Å². The molecule has 0 atom stereocenters. The maximum Gasteiger partial charge on any atom is 0.187 e. The van der Waals surface area contributed by atoms with Gasteiger partial charge in [0.1, 0.15) is 5.75 Å². The zero-order chi connectivity index (χ0) is 15.9. The first-order chi connectivity index (χ1) is 10.6. The van der Waals surface area contributed by atoms with Crippen molar-refractivity contribution in [2.24, 2.45) is 0 Å². The standard InChI is InChI=1S/C19H21NO2/c1-4-22-19-8-6-5-7-17(19)20-15(3)13-18(21)16-11-9-14(2)10-12-16/h5-13,20H,4H2,1-3H3/b15-13+. The monoisotopic (exact) mass is 295 g/mol. The van der Waals surface area contributed by atoms with Crippen molar-refractivity contribution in [1.82, 2.24) is 0 Å². The molecule has 0 aromatic heterocycles. The number of hydrogen-bond donors (Lipinski definition) is 1. The minimum Gasteiger partial charge on any atom is -0.492 e. The summed E-state index contributed by atoms with van der Waals surface area (Å²) in [5.41, 5.74) is 3.46. The summed E-state index contributed by atoms with van der Waals surface area (Å²) in [5.74, 6) is 0.763. The number of benzene rings is 2. The Balaban J connectivity index is 2.13. The molecule has 0 spiro atoms. The Morgan fingerprint density at radius 1 is 1.14 bits per heavy atom. The number of para-hydroxylation sites is 2. The van der Waals surface area contributed by atoms with Crippen molar-refractivity contribution in [2.45, 2.75) is 20.8 Å². The molecule has 2 aromatic rings. The van der Waals surface area contributed by atoms with Crippen LogP contribution in [-0.2, 0) is 0 Å². The predicted octanol–water partition coefficient (Wildman–Crippen LogP) is 4.59. The molecule has 0 aliphatic heterocycles. The van der Waals surface area contributed by atoms with E-state index in [9.17, 15) is 4.79 Å². The number of aryl methyl sites for hydroxylation is 1. The van der Waals surface area contributed by atoms with Crippen molar-refractivity contribution in [3.05, 3.63) is 71.4 Å². The van der Waals surface area contributed by atoms with Gasteiger partial charge in [0.25, 0.3) is 0 Å². The molecule has 0 saturated carbocycles. The predicted molar refractivity (Wildman–Crippen MR) is 90.5 cm³/mol. The van der Waals surface area contributed by atoms with Crippen molar-refractivity contribution in [3.63, 3.8) is 0 Å². The third kappa shape index (κ3) is 4.22. The molecule has 0 aliphatic carbocycles. The van der Waals surface area contributed by atoms with E-state index in [4.69, 9.17) is 4.74 Å². The van der Waals surface area contributed by atoms with Gasteiger partial charge < -0.3 is 10.1 Å². The summed E-state index contributed by atoms with van der Waals surface area (Å²) in [6.45, 7) is 6.42. The summed E-state index contributed by atoms with van der Waals surface area (Å²) in [4.78, 5) is 12.2. The zero-order valence-electron chi connectivity index (χ0n) is 13.2. The van der Waals surface area contributed by atoms with Gasteiger partial charge in [0.2, 0.25) is 0 Å². The Bertz CT molecular complexity index is 672. The molecule has 0 aliphatic rings. The molecule has 0 radical (unpaired) electrons. The Labute approximate surface area is 131 Å². The van der Waals surface area contributed by atoms with E-state index < -0.39 is 0 Å². The topological polar surface area (TPSA) is 38.3 Å². The Morgan fingerprint density at radius 2 is 1.82 bits per heavy atom. The summed E-state index contributed by atoms with van der Waals surface area (Å²) in [7, 11) is 0. The van der Waals surface area contributed by atoms with Gasteiger partial charge in [-0.05, 0) is 32.9 Å². The smallest absolute Gasteiger partial charge is 0.187 e. The Kier molecular flexibility index (Phi) is 5.37. The van der Waals surface area contributed by atoms with Gasteiger partial charge in [0.05, 0.1) is 12.3 Å². The van der Waals surface area contributed by atoms with Crippen LogP contribution < -0.4 is 10.1 Å². The van der Waals surface area contributed by atoms with Gasteiger partial charge in [-0.25, -0.2) is 0 Å². The molecule has 3 nitrogen and oxygen atoms in total. The summed E-state index contributed by atoms with van der Waals surface area (Å²) in [6, 6.07) is 15.2. The number of anilines is 1. The molecule has 114 valence electrons. The van der Waals surface area contributed by atoms with E-state index in [0.29, 0.717) is 12.2 Å². The third-order valence-electron chi connectivity index (χ3n) is 3.20. The highest BCUT2D eigenvalue weighted by molar-refractivity contribution is 6.05. The van der Waals surface area contributed by atoms with E-state index in [0.717, 1.165) is 22.7 Å². The molecule has 1 N–H and O–H groups in total. The summed E-state index contributed by atoms with van der Waals surface area (Å²) >= 11 is 0. The number of carbonyl (C=O) groups excluding carboxylic acids is 1. The highest BCUT2D eigenvalue weighted by Gasteiger charge is 2.05. The molecule has 2 aromatic carbocycles. The van der Waals surface area contributed by atoms with Gasteiger partial charge >= 0.3 is 0 Å². The van der Waals surface area contributed by atoms with Crippen LogP contribution >= 0.6 is 0 Å². The van der Waals surface area contributed by atoms with Gasteiger partial charge in [-0.3, -0.25) is 4.79 Å². The first-order valence-electron chi connectivity index (χ1n) is 7.38. The molecular weight excluding hydrogens is 274 g/mol. The lowest BCUT2D eigenvalue weighted by Gasteiger charge is -2.12. The Morgan fingerprint density at radius 3 is 2.50 bits per heavy atom. The van der Waals surface area contributed by atoms with E-state index in [1.165, 1.54) is 0 Å². The van der Waals surface area contributed by atoms with Crippen LogP contribution in [0.1, 0.15) is 29.8 Å². The minimum absolute atomic E-state index is 0.0149. The van der Waals surface area contributed by atoms with Crippen LogP contribution in [0.4, 0.5) is 5.69 Å². The maximum absolute atomic E-state index is 12.2. The van der Waals surface area contributed by atoms with Crippen LogP contribution in [0.15, 0.2) is 60.3 Å². The second-order valence-electron chi connectivity index (χ2n) is 5.11. The second kappa shape index (κ2) is 7.46. The Hall–Kier alpha value is -2.55. The van der Waals surface area contributed by atoms with E-state index in [1.807, 2.05) is 69.3 Å². The highest BCUT2D eigenvalue weighted by atomic mass is 16.5. The number of nitrogens with one attached hydrogen (secondary N) is 1. The van der Waals surface area contributed by atoms with Crippen molar-refractivity contribution < 1.29 is 9.53 Å². The maximum atomic E-state index is 12.2. The molecule has 2 rings (SSSR count). The minimum atomic E-state index is -0.0149. The third-order valence-corrected chi connectivity index (χ3v) is 3.20. The van der Waals surface area contributed by atoms with Gasteiger partial charge in [0.15, 0.2) is 5.78 Å². The molecule has 0 amide bonds. The van der Waals surface area contributed by atoms with E-state index in [-0.39, 0.29) is 5.78 Å². The normalized spacial score (nSPS) is 11.1. The molecule has 0 fully saturated rings. The number of hydrogen-bond acceptors (Lipinski definition) is 3. The largest absolute Gasteiger partial charge is 0.492 e. The average molecular weight is 295 g/mol. The lowest BCUT2D eigenvalue weighted by atomic mass is 10.1. The fourth-order valence-corrected chi connectivity index (χ4v) is 2.10. The molecule has 3 heteroatoms. The van der Waals surface area contributed by atoms with Crippen LogP contribution in [0.25, 0.3) is 0 Å². The highest BCUT2D eigenvalue weighted by Crippen LogP contribution is 2.25. The summed E-state index contributed by atoms with van der Waals surface area (Å²) in [5, 5.41) is 3.22. The molecule has 0 heterocycles. The zero-order valence-corrected chi connectivity index (χ0v) is 13.2. The summed E-state index contributed by atoms with van der Waals surface area (Å²) < 4.78 is 5.57. The first kappa shape index (κ1) is 15.8. The fraction of sp³-hybridized carbons (Fsp3) is 0.211. The van der Waals surface area contributed by atoms with Crippen molar-refractivity contribution >= 4 is 11.5 Å². The SMILES string of the molecule is CCOc1ccccc1N/C(C)=C/C(=O)c1ccc(C)cc1. The van der Waals surface area contributed by atoms with E-state index in [2.05, 4.69) is 5.32 Å². The van der Waals surface area contributed by atoms with Crippen LogP contribution in [-0.4, -0.2) is 12.4 Å². The molecule has 22 heavy (non-hydrogen) atoms. The number of allylic oxidation sites excluding steroid dienone is 2. The van der Waals surface area contributed by atoms with Crippen molar-refractivity contribution in [3.8, 4) is 5.75 Å². The van der Waals surface area contributed by atoms with E-state index >= 15 is 0 Å². The molecular formula is C19H21NO2. The number of carbonyl (C=O) groups is 1. The van der Waals surface area contributed by atoms with Crippen LogP contribution in [0.2, 0.25) is 0 Å². The fourth-order valence-electron chi connectivity index (χ4n) is 2.10. The number of ether oxygens (including phenoxy) is 1. The van der Waals surface area contributed by atoms with E-state index in [1.54, 1.807) is 6.08 Å². The molecule has 0 saturated heterocycles. The first-order valence-corrected chi connectivity index (χ1v) is 7.38. The average Bonchev–Trinajstić information content (AvgIpc) is 2.50. The van der Waals surface area contributed by atoms with Gasteiger partial charge in [-0.1, -0.05) is 42.0 Å². The lowest BCUT2D eigenvalue weighted by molar-refractivity contribution is 0.104. The lowest BCUT2D eigenvalue weighted by Crippen LogP contribution is -2.03. The van der Waals surface area contributed by atoms with Gasteiger partial charge in [-0.15, -0.1) is 0 Å². The molecule has 0 bridgehead atoms. The number of ketones is 1. The molecule has 0 unspecified atom stereocenters. The second-order valence-corrected chi connectivity index (χ2v) is 5.11. The van der Waals surface area contributed by atoms with Crippen molar-refractivity contribution in [2.75, 3.05) is 11.9 Å². The van der Waals surface area contributed by atoms with Gasteiger partial charge in [-0.2, -0.15) is 0 Å². The quantitative estimate of drug-likeness (QED) is 0.625. The van der Waals surface area contributed by atoms with Crippen LogP contribution in [0, 0.1) is 6.92 Å².